The first-order chi connectivity index (χ1) is 12.6. The summed E-state index contributed by atoms with van der Waals surface area (Å²) >= 11 is 1.38. The van der Waals surface area contributed by atoms with E-state index in [-0.39, 0.29) is 11.7 Å². The minimum Gasteiger partial charge on any atom is -0.289 e. The third-order valence-electron chi connectivity index (χ3n) is 3.76. The lowest BCUT2D eigenvalue weighted by Gasteiger charge is -2.14. The first-order valence-corrected chi connectivity index (χ1v) is 9.03. The summed E-state index contributed by atoms with van der Waals surface area (Å²) in [5, 5.41) is 6.64. The molecule has 0 aliphatic rings. The number of rotatable bonds is 6. The SMILES string of the molecule is CCN(C(C)=O)c1nc(C=CC(=O)c2ccccc2-n2cccn2)cs1. The van der Waals surface area contributed by atoms with E-state index in [9.17, 15) is 9.59 Å². The van der Waals surface area contributed by atoms with Crippen LogP contribution in [-0.4, -0.2) is 33.0 Å². The van der Waals surface area contributed by atoms with Crippen LogP contribution in [-0.2, 0) is 4.79 Å². The molecule has 7 heteroatoms. The lowest BCUT2D eigenvalue weighted by Crippen LogP contribution is -2.27. The standard InChI is InChI=1S/C19H18N4O2S/c1-3-22(14(2)24)19-21-15(13-26-19)9-10-18(25)16-7-4-5-8-17(16)23-12-6-11-20-23/h4-13H,3H2,1-2H3. The van der Waals surface area contributed by atoms with E-state index in [4.69, 9.17) is 0 Å². The zero-order valence-electron chi connectivity index (χ0n) is 14.5. The van der Waals surface area contributed by atoms with Crippen molar-refractivity contribution >= 4 is 34.2 Å². The molecule has 0 aliphatic carbocycles. The third-order valence-corrected chi connectivity index (χ3v) is 4.65. The molecule has 1 aromatic carbocycles. The summed E-state index contributed by atoms with van der Waals surface area (Å²) in [6.07, 6.45) is 6.62. The van der Waals surface area contributed by atoms with Gasteiger partial charge in [0, 0.05) is 36.8 Å². The van der Waals surface area contributed by atoms with Gasteiger partial charge in [-0.15, -0.1) is 11.3 Å². The van der Waals surface area contributed by atoms with Gasteiger partial charge in [-0.25, -0.2) is 9.67 Å². The number of hydrogen-bond donors (Lipinski definition) is 0. The summed E-state index contributed by atoms with van der Waals surface area (Å²) in [6.45, 7) is 3.96. The first kappa shape index (κ1) is 17.8. The fraction of sp³-hybridized carbons (Fsp3) is 0.158. The number of anilines is 1. The average molecular weight is 366 g/mol. The third kappa shape index (κ3) is 3.78. The lowest BCUT2D eigenvalue weighted by atomic mass is 10.1. The van der Waals surface area contributed by atoms with E-state index in [0.29, 0.717) is 22.9 Å². The van der Waals surface area contributed by atoms with Gasteiger partial charge in [-0.1, -0.05) is 12.1 Å². The molecule has 0 radical (unpaired) electrons. The summed E-state index contributed by atoms with van der Waals surface area (Å²) in [7, 11) is 0. The fourth-order valence-corrected chi connectivity index (χ4v) is 3.41. The maximum absolute atomic E-state index is 12.6. The average Bonchev–Trinajstić information content (AvgIpc) is 3.32. The Hall–Kier alpha value is -3.06. The van der Waals surface area contributed by atoms with E-state index in [2.05, 4.69) is 10.1 Å². The van der Waals surface area contributed by atoms with Crippen molar-refractivity contribution in [2.24, 2.45) is 0 Å². The number of ketones is 1. The number of nitrogens with zero attached hydrogens (tertiary/aromatic N) is 4. The lowest BCUT2D eigenvalue weighted by molar-refractivity contribution is -0.116. The molecular weight excluding hydrogens is 348 g/mol. The summed E-state index contributed by atoms with van der Waals surface area (Å²) < 4.78 is 1.66. The number of allylic oxidation sites excluding steroid dienone is 1. The molecule has 3 aromatic rings. The maximum atomic E-state index is 12.6. The van der Waals surface area contributed by atoms with Crippen LogP contribution in [0.4, 0.5) is 5.13 Å². The number of para-hydroxylation sites is 1. The summed E-state index contributed by atoms with van der Waals surface area (Å²) in [5.74, 6) is -0.189. The molecule has 0 unspecified atom stereocenters. The van der Waals surface area contributed by atoms with Crippen LogP contribution >= 0.6 is 11.3 Å². The van der Waals surface area contributed by atoms with E-state index in [1.807, 2.05) is 36.6 Å². The Bertz CT molecular complexity index is 944. The van der Waals surface area contributed by atoms with Crippen molar-refractivity contribution in [3.63, 3.8) is 0 Å². The molecule has 2 heterocycles. The van der Waals surface area contributed by atoms with Gasteiger partial charge in [-0.3, -0.25) is 14.5 Å². The molecule has 0 saturated heterocycles. The summed E-state index contributed by atoms with van der Waals surface area (Å²) in [4.78, 5) is 30.2. The maximum Gasteiger partial charge on any atom is 0.225 e. The van der Waals surface area contributed by atoms with Gasteiger partial charge in [0.15, 0.2) is 10.9 Å². The van der Waals surface area contributed by atoms with Crippen molar-refractivity contribution in [2.75, 3.05) is 11.4 Å². The number of amides is 1. The van der Waals surface area contributed by atoms with Crippen LogP contribution in [0.25, 0.3) is 11.8 Å². The topological polar surface area (TPSA) is 68.1 Å². The quantitative estimate of drug-likeness (QED) is 0.494. The van der Waals surface area contributed by atoms with Crippen LogP contribution in [0.15, 0.2) is 54.2 Å². The van der Waals surface area contributed by atoms with Crippen molar-refractivity contribution in [1.82, 2.24) is 14.8 Å². The largest absolute Gasteiger partial charge is 0.289 e. The Kier molecular flexibility index (Phi) is 5.38. The number of hydrogen-bond acceptors (Lipinski definition) is 5. The van der Waals surface area contributed by atoms with Crippen LogP contribution < -0.4 is 4.90 Å². The van der Waals surface area contributed by atoms with Crippen molar-refractivity contribution in [2.45, 2.75) is 13.8 Å². The Morgan fingerprint density at radius 3 is 2.77 bits per heavy atom. The van der Waals surface area contributed by atoms with Gasteiger partial charge < -0.3 is 0 Å². The van der Waals surface area contributed by atoms with Gasteiger partial charge in [-0.2, -0.15) is 5.10 Å². The number of carbonyl (C=O) groups is 2. The second kappa shape index (κ2) is 7.88. The van der Waals surface area contributed by atoms with Crippen LogP contribution in [0.5, 0.6) is 0 Å². The highest BCUT2D eigenvalue weighted by Crippen LogP contribution is 2.22. The van der Waals surface area contributed by atoms with Gasteiger partial charge in [0.05, 0.1) is 11.4 Å². The number of benzene rings is 1. The van der Waals surface area contributed by atoms with Gasteiger partial charge in [0.25, 0.3) is 0 Å². The molecule has 26 heavy (non-hydrogen) atoms. The highest BCUT2D eigenvalue weighted by atomic mass is 32.1. The highest BCUT2D eigenvalue weighted by molar-refractivity contribution is 7.14. The van der Waals surface area contributed by atoms with Crippen molar-refractivity contribution in [3.05, 3.63) is 65.4 Å². The zero-order valence-corrected chi connectivity index (χ0v) is 15.3. The first-order valence-electron chi connectivity index (χ1n) is 8.15. The fourth-order valence-electron chi connectivity index (χ4n) is 2.51. The molecule has 0 bridgehead atoms. The zero-order chi connectivity index (χ0) is 18.5. The summed E-state index contributed by atoms with van der Waals surface area (Å²) in [5.41, 5.74) is 1.93. The van der Waals surface area contributed by atoms with Gasteiger partial charge in [0.1, 0.15) is 0 Å². The van der Waals surface area contributed by atoms with Crippen LogP contribution in [0.3, 0.4) is 0 Å². The van der Waals surface area contributed by atoms with Crippen molar-refractivity contribution in [1.29, 1.82) is 0 Å². The van der Waals surface area contributed by atoms with E-state index in [1.54, 1.807) is 34.1 Å². The molecule has 0 N–H and O–H groups in total. The number of carbonyl (C=O) groups excluding carboxylic acids is 2. The second-order valence-electron chi connectivity index (χ2n) is 5.48. The Labute approximate surface area is 155 Å². The van der Waals surface area contributed by atoms with Gasteiger partial charge >= 0.3 is 0 Å². The molecule has 0 fully saturated rings. The molecule has 0 saturated carbocycles. The number of aromatic nitrogens is 3. The van der Waals surface area contributed by atoms with Crippen molar-refractivity contribution < 1.29 is 9.59 Å². The Morgan fingerprint density at radius 1 is 1.27 bits per heavy atom. The molecule has 2 aromatic heterocycles. The Morgan fingerprint density at radius 2 is 2.08 bits per heavy atom. The minimum absolute atomic E-state index is 0.0541. The minimum atomic E-state index is -0.135. The molecule has 1 amide bonds. The summed E-state index contributed by atoms with van der Waals surface area (Å²) in [6, 6.07) is 9.11. The molecule has 0 spiro atoms. The number of thiazole rings is 1. The van der Waals surface area contributed by atoms with Gasteiger partial charge in [-0.05, 0) is 37.3 Å². The molecule has 3 rings (SSSR count). The smallest absolute Gasteiger partial charge is 0.225 e. The molecule has 6 nitrogen and oxygen atoms in total. The van der Waals surface area contributed by atoms with Crippen LogP contribution in [0.2, 0.25) is 0 Å². The van der Waals surface area contributed by atoms with Crippen molar-refractivity contribution in [3.8, 4) is 5.69 Å². The second-order valence-corrected chi connectivity index (χ2v) is 6.32. The monoisotopic (exact) mass is 366 g/mol. The molecule has 132 valence electrons. The predicted octanol–water partition coefficient (Wildman–Crippen LogP) is 3.60. The van der Waals surface area contributed by atoms with E-state index < -0.39 is 0 Å². The van der Waals surface area contributed by atoms with E-state index >= 15 is 0 Å². The van der Waals surface area contributed by atoms with Gasteiger partial charge in [0.2, 0.25) is 5.91 Å². The van der Waals surface area contributed by atoms with E-state index in [0.717, 1.165) is 5.69 Å². The van der Waals surface area contributed by atoms with E-state index in [1.165, 1.54) is 24.3 Å². The normalized spacial score (nSPS) is 11.0. The molecular formula is C19H18N4O2S. The Balaban J connectivity index is 1.81. The molecule has 0 aliphatic heterocycles. The van der Waals surface area contributed by atoms with Crippen LogP contribution in [0, 0.1) is 0 Å². The highest BCUT2D eigenvalue weighted by Gasteiger charge is 2.13. The molecule has 0 atom stereocenters. The van der Waals surface area contributed by atoms with Crippen LogP contribution in [0.1, 0.15) is 29.9 Å². The predicted molar refractivity (Wildman–Crippen MR) is 103 cm³/mol.